The summed E-state index contributed by atoms with van der Waals surface area (Å²) in [6.45, 7) is -0.570. The van der Waals surface area contributed by atoms with Gasteiger partial charge in [-0.15, -0.1) is 11.6 Å². The number of hydrogen-bond donors (Lipinski definition) is 3. The van der Waals surface area contributed by atoms with Crippen molar-refractivity contribution in [1.29, 1.82) is 0 Å². The number of carbonyl (C=O) groups excluding carboxylic acids is 1. The van der Waals surface area contributed by atoms with Gasteiger partial charge in [0.2, 0.25) is 0 Å². The highest BCUT2D eigenvalue weighted by molar-refractivity contribution is 6.22. The molecule has 0 fully saturated rings. The van der Waals surface area contributed by atoms with Crippen LogP contribution >= 0.6 is 11.6 Å². The fourth-order valence-corrected chi connectivity index (χ4v) is 0.542. The molecule has 0 unspecified atom stereocenters. The number of aldehydes is 1. The van der Waals surface area contributed by atoms with Gasteiger partial charge in [0.15, 0.2) is 0 Å². The van der Waals surface area contributed by atoms with E-state index < -0.39 is 24.2 Å². The first-order valence-electron chi connectivity index (χ1n) is 2.69. The monoisotopic (exact) mass is 168 g/mol. The maximum absolute atomic E-state index is 9.84. The average Bonchev–Trinajstić information content (AvgIpc) is 2.00. The van der Waals surface area contributed by atoms with E-state index in [2.05, 4.69) is 0 Å². The number of hydrogen-bond acceptors (Lipinski definition) is 4. The van der Waals surface area contributed by atoms with Gasteiger partial charge in [0.25, 0.3) is 0 Å². The molecule has 0 saturated heterocycles. The third-order valence-electron chi connectivity index (χ3n) is 1.02. The highest BCUT2D eigenvalue weighted by Gasteiger charge is 2.23. The van der Waals surface area contributed by atoms with Gasteiger partial charge >= 0.3 is 0 Å². The van der Waals surface area contributed by atoms with Crippen LogP contribution in [0.15, 0.2) is 0 Å². The van der Waals surface area contributed by atoms with E-state index in [0.717, 1.165) is 0 Å². The van der Waals surface area contributed by atoms with E-state index in [1.54, 1.807) is 0 Å². The maximum Gasteiger partial charge on any atom is 0.150 e. The fraction of sp³-hybridized carbons (Fsp3) is 0.800. The predicted octanol–water partition coefficient (Wildman–Crippen LogP) is -1.49. The van der Waals surface area contributed by atoms with Crippen LogP contribution < -0.4 is 0 Å². The molecule has 3 N–H and O–H groups in total. The lowest BCUT2D eigenvalue weighted by atomic mass is 10.2. The van der Waals surface area contributed by atoms with Gasteiger partial charge in [-0.25, -0.2) is 0 Å². The molecular weight excluding hydrogens is 160 g/mol. The van der Waals surface area contributed by atoms with Crippen LogP contribution in [-0.2, 0) is 4.79 Å². The third kappa shape index (κ3) is 2.62. The first-order valence-corrected chi connectivity index (χ1v) is 3.13. The SMILES string of the molecule is O=C[C@@H](O)[C@H](Cl)[C@H](O)CO. The minimum atomic E-state index is -1.43. The van der Waals surface area contributed by atoms with E-state index in [-0.39, 0.29) is 6.29 Å². The predicted molar refractivity (Wildman–Crippen MR) is 34.8 cm³/mol. The first kappa shape index (κ1) is 9.84. The molecular formula is C5H9ClO4. The molecule has 0 bridgehead atoms. The summed E-state index contributed by atoms with van der Waals surface area (Å²) in [5.41, 5.74) is 0. The quantitative estimate of drug-likeness (QED) is 0.353. The lowest BCUT2D eigenvalue weighted by Gasteiger charge is -2.15. The van der Waals surface area contributed by atoms with E-state index in [0.29, 0.717) is 0 Å². The standard InChI is InChI=1S/C5H9ClO4/c6-5(3(9)1-7)4(10)2-8/h1,3-5,8-10H,2H2/t3-,4-,5+/m1/s1. The van der Waals surface area contributed by atoms with Crippen molar-refractivity contribution >= 4 is 17.9 Å². The van der Waals surface area contributed by atoms with Gasteiger partial charge in [-0.3, -0.25) is 0 Å². The van der Waals surface area contributed by atoms with Crippen LogP contribution in [0.25, 0.3) is 0 Å². The summed E-state index contributed by atoms with van der Waals surface area (Å²) >= 11 is 5.29. The molecule has 0 spiro atoms. The lowest BCUT2D eigenvalue weighted by molar-refractivity contribution is -0.116. The van der Waals surface area contributed by atoms with Crippen molar-refractivity contribution in [2.24, 2.45) is 0 Å². The van der Waals surface area contributed by atoms with Crippen molar-refractivity contribution in [3.05, 3.63) is 0 Å². The molecule has 0 amide bonds. The average molecular weight is 169 g/mol. The van der Waals surface area contributed by atoms with Crippen molar-refractivity contribution in [2.45, 2.75) is 17.6 Å². The summed E-state index contributed by atoms with van der Waals surface area (Å²) in [6, 6.07) is 0. The molecule has 5 heteroatoms. The minimum Gasteiger partial charge on any atom is -0.394 e. The zero-order valence-electron chi connectivity index (χ0n) is 5.14. The van der Waals surface area contributed by atoms with Gasteiger partial charge in [-0.1, -0.05) is 0 Å². The second-order valence-corrected chi connectivity index (χ2v) is 2.32. The molecule has 0 aromatic rings. The highest BCUT2D eigenvalue weighted by Crippen LogP contribution is 2.05. The molecule has 0 heterocycles. The molecule has 60 valence electrons. The van der Waals surface area contributed by atoms with Gasteiger partial charge in [-0.05, 0) is 0 Å². The van der Waals surface area contributed by atoms with Crippen molar-refractivity contribution < 1.29 is 20.1 Å². The van der Waals surface area contributed by atoms with Gasteiger partial charge in [0.1, 0.15) is 12.4 Å². The van der Waals surface area contributed by atoms with Crippen LogP contribution in [0.2, 0.25) is 0 Å². The van der Waals surface area contributed by atoms with Crippen molar-refractivity contribution in [1.82, 2.24) is 0 Å². The van der Waals surface area contributed by atoms with Crippen molar-refractivity contribution in [2.75, 3.05) is 6.61 Å². The Hall–Kier alpha value is -0.160. The molecule has 0 radical (unpaired) electrons. The Morgan fingerprint density at radius 1 is 1.50 bits per heavy atom. The zero-order valence-corrected chi connectivity index (χ0v) is 5.90. The number of carbonyl (C=O) groups is 1. The Bertz CT molecular complexity index is 108. The molecule has 0 aliphatic carbocycles. The maximum atomic E-state index is 9.84. The summed E-state index contributed by atoms with van der Waals surface area (Å²) in [6.07, 6.45) is -2.48. The van der Waals surface area contributed by atoms with Gasteiger partial charge < -0.3 is 20.1 Å². The molecule has 0 saturated carbocycles. The van der Waals surface area contributed by atoms with E-state index in [4.69, 9.17) is 26.9 Å². The normalized spacial score (nSPS) is 19.6. The summed E-state index contributed by atoms with van der Waals surface area (Å²) < 4.78 is 0. The molecule has 0 aromatic carbocycles. The summed E-state index contributed by atoms with van der Waals surface area (Å²) in [4.78, 5) is 9.84. The second kappa shape index (κ2) is 4.62. The second-order valence-electron chi connectivity index (χ2n) is 1.82. The van der Waals surface area contributed by atoms with Crippen LogP contribution in [0.3, 0.4) is 0 Å². The number of aliphatic hydroxyl groups is 3. The van der Waals surface area contributed by atoms with Crippen LogP contribution in [0.5, 0.6) is 0 Å². The Morgan fingerprint density at radius 2 is 2.00 bits per heavy atom. The van der Waals surface area contributed by atoms with Crippen molar-refractivity contribution in [3.8, 4) is 0 Å². The van der Waals surface area contributed by atoms with Crippen molar-refractivity contribution in [3.63, 3.8) is 0 Å². The van der Waals surface area contributed by atoms with Crippen LogP contribution in [0, 0.1) is 0 Å². The molecule has 0 rings (SSSR count). The molecule has 3 atom stereocenters. The summed E-state index contributed by atoms with van der Waals surface area (Å²) in [7, 11) is 0. The van der Waals surface area contributed by atoms with E-state index in [1.165, 1.54) is 0 Å². The number of rotatable bonds is 4. The van der Waals surface area contributed by atoms with E-state index in [9.17, 15) is 4.79 Å². The number of halogens is 1. The summed E-state index contributed by atoms with van der Waals surface area (Å²) in [5, 5.41) is 24.5. The summed E-state index contributed by atoms with van der Waals surface area (Å²) in [5.74, 6) is 0. The Labute approximate surface area is 63.0 Å². The lowest BCUT2D eigenvalue weighted by Crippen LogP contribution is -2.36. The van der Waals surface area contributed by atoms with Gasteiger partial charge in [0.05, 0.1) is 18.1 Å². The molecule has 4 nitrogen and oxygen atoms in total. The Balaban J connectivity index is 3.80. The molecule has 0 aliphatic heterocycles. The largest absolute Gasteiger partial charge is 0.394 e. The Kier molecular flexibility index (Phi) is 4.55. The fourth-order valence-electron chi connectivity index (χ4n) is 0.403. The van der Waals surface area contributed by atoms with E-state index in [1.807, 2.05) is 0 Å². The topological polar surface area (TPSA) is 77.8 Å². The zero-order chi connectivity index (χ0) is 8.15. The van der Waals surface area contributed by atoms with Crippen LogP contribution in [0.1, 0.15) is 0 Å². The Morgan fingerprint density at radius 3 is 2.30 bits per heavy atom. The molecule has 0 aliphatic rings. The third-order valence-corrected chi connectivity index (χ3v) is 1.57. The van der Waals surface area contributed by atoms with Gasteiger partial charge in [0, 0.05) is 0 Å². The van der Waals surface area contributed by atoms with Gasteiger partial charge in [-0.2, -0.15) is 0 Å². The molecule has 0 aromatic heterocycles. The smallest absolute Gasteiger partial charge is 0.150 e. The minimum absolute atomic E-state index is 0.205. The van der Waals surface area contributed by atoms with Crippen LogP contribution in [0.4, 0.5) is 0 Å². The van der Waals surface area contributed by atoms with E-state index >= 15 is 0 Å². The number of alkyl halides is 1. The number of aliphatic hydroxyl groups excluding tert-OH is 3. The first-order chi connectivity index (χ1) is 4.63. The highest BCUT2D eigenvalue weighted by atomic mass is 35.5. The van der Waals surface area contributed by atoms with Crippen LogP contribution in [-0.4, -0.2) is 45.8 Å². The molecule has 10 heavy (non-hydrogen) atoms.